The van der Waals surface area contributed by atoms with Crippen molar-refractivity contribution in [1.29, 1.82) is 0 Å². The number of aliphatic hydroxyl groups excluding tert-OH is 2. The lowest BCUT2D eigenvalue weighted by Gasteiger charge is -2.13. The number of hydrogen-bond donors (Lipinski definition) is 3. The maximum Gasteiger partial charge on any atom is 0.335 e. The van der Waals surface area contributed by atoms with Crippen LogP contribution in [0.15, 0.2) is 0 Å². The van der Waals surface area contributed by atoms with E-state index in [0.717, 1.165) is 19.3 Å². The van der Waals surface area contributed by atoms with Gasteiger partial charge in [-0.2, -0.15) is 0 Å². The Morgan fingerprint density at radius 2 is 1.03 bits per heavy atom. The number of carbonyl (C=O) groups is 3. The molecule has 0 spiro atoms. The minimum absolute atomic E-state index is 0.280. The zero-order valence-electron chi connectivity index (χ0n) is 21.9. The molecule has 0 bridgehead atoms. The molecule has 0 aliphatic heterocycles. The van der Waals surface area contributed by atoms with Gasteiger partial charge in [0, 0.05) is 6.42 Å². The molecule has 2 unspecified atom stereocenters. The van der Waals surface area contributed by atoms with Gasteiger partial charge < -0.3 is 24.8 Å². The third kappa shape index (κ3) is 23.8. The molecule has 0 aliphatic carbocycles. The van der Waals surface area contributed by atoms with Crippen molar-refractivity contribution in [2.24, 2.45) is 0 Å². The lowest BCUT2D eigenvalue weighted by molar-refractivity contribution is -0.162. The van der Waals surface area contributed by atoms with Crippen LogP contribution < -0.4 is 0 Å². The summed E-state index contributed by atoms with van der Waals surface area (Å²) in [4.78, 5) is 33.5. The van der Waals surface area contributed by atoms with Gasteiger partial charge in [0.2, 0.25) is 0 Å². The summed E-state index contributed by atoms with van der Waals surface area (Å²) in [6.45, 7) is 1.45. The summed E-state index contributed by atoms with van der Waals surface area (Å²) in [5.74, 6) is -2.89. The van der Waals surface area contributed by atoms with E-state index in [1.54, 1.807) is 0 Å². The van der Waals surface area contributed by atoms with Crippen molar-refractivity contribution in [3.8, 4) is 0 Å². The topological polar surface area (TPSA) is 130 Å². The van der Waals surface area contributed by atoms with Crippen LogP contribution in [0.25, 0.3) is 0 Å². The van der Waals surface area contributed by atoms with Gasteiger partial charge in [0.25, 0.3) is 0 Å². The standard InChI is InChI=1S/C27H50O8/c1-2-3-4-5-6-7-8-9-10-11-12-13-14-15-16-17-18-19-26(32)34-21-23(28)22-35-27(33)24(29)20-25(30)31/h23-24,28-29H,2-22H2,1H3,(H,30,31). The smallest absolute Gasteiger partial charge is 0.335 e. The van der Waals surface area contributed by atoms with Crippen molar-refractivity contribution in [3.63, 3.8) is 0 Å². The van der Waals surface area contributed by atoms with Gasteiger partial charge in [-0.15, -0.1) is 0 Å². The summed E-state index contributed by atoms with van der Waals surface area (Å²) >= 11 is 0. The Labute approximate surface area is 211 Å². The Morgan fingerprint density at radius 3 is 1.46 bits per heavy atom. The second-order valence-electron chi connectivity index (χ2n) is 9.49. The van der Waals surface area contributed by atoms with Crippen molar-refractivity contribution >= 4 is 17.9 Å². The highest BCUT2D eigenvalue weighted by Gasteiger charge is 2.21. The summed E-state index contributed by atoms with van der Waals surface area (Å²) in [5, 5.41) is 27.4. The van der Waals surface area contributed by atoms with Gasteiger partial charge in [0.05, 0.1) is 6.42 Å². The molecule has 0 aromatic rings. The second-order valence-corrected chi connectivity index (χ2v) is 9.49. The normalized spacial score (nSPS) is 12.8. The fraction of sp³-hybridized carbons (Fsp3) is 0.889. The first-order valence-electron chi connectivity index (χ1n) is 13.8. The highest BCUT2D eigenvalue weighted by molar-refractivity contribution is 5.80. The quantitative estimate of drug-likeness (QED) is 0.113. The van der Waals surface area contributed by atoms with E-state index in [1.165, 1.54) is 89.9 Å². The number of unbranched alkanes of at least 4 members (excludes halogenated alkanes) is 16. The number of aliphatic hydroxyl groups is 2. The van der Waals surface area contributed by atoms with Gasteiger partial charge in [-0.1, -0.05) is 110 Å². The van der Waals surface area contributed by atoms with Crippen LogP contribution in [0, 0.1) is 0 Å². The number of ether oxygens (including phenoxy) is 2. The zero-order chi connectivity index (χ0) is 26.2. The number of carboxylic acids is 1. The molecule has 35 heavy (non-hydrogen) atoms. The molecule has 206 valence electrons. The molecule has 3 N–H and O–H groups in total. The highest BCUT2D eigenvalue weighted by atomic mass is 16.6. The summed E-state index contributed by atoms with van der Waals surface area (Å²) in [6, 6.07) is 0. The summed E-state index contributed by atoms with van der Waals surface area (Å²) in [6.07, 6.45) is 18.1. The Bertz CT molecular complexity index is 537. The summed E-state index contributed by atoms with van der Waals surface area (Å²) < 4.78 is 9.56. The van der Waals surface area contributed by atoms with Crippen LogP contribution >= 0.6 is 0 Å². The van der Waals surface area contributed by atoms with E-state index in [9.17, 15) is 24.6 Å². The van der Waals surface area contributed by atoms with Gasteiger partial charge in [-0.3, -0.25) is 9.59 Å². The molecular weight excluding hydrogens is 452 g/mol. The summed E-state index contributed by atoms with van der Waals surface area (Å²) in [5.41, 5.74) is 0. The van der Waals surface area contributed by atoms with Gasteiger partial charge in [-0.25, -0.2) is 4.79 Å². The first-order chi connectivity index (χ1) is 16.9. The molecule has 0 aliphatic rings. The van der Waals surface area contributed by atoms with Crippen LogP contribution in [0.1, 0.15) is 129 Å². The van der Waals surface area contributed by atoms with E-state index in [-0.39, 0.29) is 13.0 Å². The van der Waals surface area contributed by atoms with Crippen LogP contribution in [0.3, 0.4) is 0 Å². The molecule has 0 saturated heterocycles. The van der Waals surface area contributed by atoms with Crippen LogP contribution in [-0.4, -0.2) is 58.6 Å². The van der Waals surface area contributed by atoms with Crippen LogP contribution in [0.2, 0.25) is 0 Å². The van der Waals surface area contributed by atoms with Gasteiger partial charge in [0.15, 0.2) is 6.10 Å². The molecule has 8 heteroatoms. The van der Waals surface area contributed by atoms with Crippen LogP contribution in [0.5, 0.6) is 0 Å². The molecule has 0 rings (SSSR count). The SMILES string of the molecule is CCCCCCCCCCCCCCCCCCCC(=O)OCC(O)COC(=O)C(O)CC(=O)O. The van der Waals surface area contributed by atoms with E-state index in [2.05, 4.69) is 11.7 Å². The minimum atomic E-state index is -1.79. The lowest BCUT2D eigenvalue weighted by atomic mass is 10.0. The number of carbonyl (C=O) groups excluding carboxylic acids is 2. The van der Waals surface area contributed by atoms with E-state index in [4.69, 9.17) is 9.84 Å². The van der Waals surface area contributed by atoms with Crippen molar-refractivity contribution in [3.05, 3.63) is 0 Å². The Morgan fingerprint density at radius 1 is 0.629 bits per heavy atom. The number of aliphatic carboxylic acids is 1. The van der Waals surface area contributed by atoms with Crippen molar-refractivity contribution in [1.82, 2.24) is 0 Å². The molecule has 0 aromatic heterocycles. The van der Waals surface area contributed by atoms with Crippen molar-refractivity contribution in [2.45, 2.75) is 141 Å². The Balaban J connectivity index is 3.41. The van der Waals surface area contributed by atoms with Gasteiger partial charge in [0.1, 0.15) is 19.3 Å². The molecule has 0 amide bonds. The monoisotopic (exact) mass is 502 g/mol. The first kappa shape index (κ1) is 33.3. The number of esters is 2. The lowest BCUT2D eigenvalue weighted by Crippen LogP contribution is -2.31. The van der Waals surface area contributed by atoms with Crippen LogP contribution in [0.4, 0.5) is 0 Å². The molecule has 0 heterocycles. The molecular formula is C27H50O8. The maximum atomic E-state index is 11.7. The third-order valence-electron chi connectivity index (χ3n) is 5.98. The molecule has 0 radical (unpaired) electrons. The van der Waals surface area contributed by atoms with E-state index in [0.29, 0.717) is 0 Å². The van der Waals surface area contributed by atoms with E-state index in [1.807, 2.05) is 0 Å². The van der Waals surface area contributed by atoms with Crippen LogP contribution in [-0.2, 0) is 23.9 Å². The first-order valence-corrected chi connectivity index (χ1v) is 13.8. The molecule has 2 atom stereocenters. The van der Waals surface area contributed by atoms with Crippen molar-refractivity contribution < 1.29 is 39.2 Å². The fourth-order valence-corrected chi connectivity index (χ4v) is 3.83. The summed E-state index contributed by atoms with van der Waals surface area (Å²) in [7, 11) is 0. The molecule has 0 saturated carbocycles. The van der Waals surface area contributed by atoms with E-state index >= 15 is 0 Å². The molecule has 8 nitrogen and oxygen atoms in total. The largest absolute Gasteiger partial charge is 0.481 e. The predicted octanol–water partition coefficient (Wildman–Crippen LogP) is 5.31. The predicted molar refractivity (Wildman–Crippen MR) is 135 cm³/mol. The second kappa shape index (κ2) is 24.0. The number of carboxylic acid groups (broad SMARTS) is 1. The maximum absolute atomic E-state index is 11.7. The average molecular weight is 503 g/mol. The Hall–Kier alpha value is -1.67. The van der Waals surface area contributed by atoms with Crippen molar-refractivity contribution in [2.75, 3.05) is 13.2 Å². The van der Waals surface area contributed by atoms with E-state index < -0.39 is 43.1 Å². The molecule has 0 fully saturated rings. The van der Waals surface area contributed by atoms with Gasteiger partial charge >= 0.3 is 17.9 Å². The number of hydrogen-bond acceptors (Lipinski definition) is 7. The Kier molecular flexibility index (Phi) is 22.9. The van der Waals surface area contributed by atoms with Gasteiger partial charge in [-0.05, 0) is 6.42 Å². The minimum Gasteiger partial charge on any atom is -0.481 e. The molecule has 0 aromatic carbocycles. The third-order valence-corrected chi connectivity index (χ3v) is 5.98. The number of rotatable bonds is 25. The highest BCUT2D eigenvalue weighted by Crippen LogP contribution is 2.14. The fourth-order valence-electron chi connectivity index (χ4n) is 3.83. The zero-order valence-corrected chi connectivity index (χ0v) is 21.9. The average Bonchev–Trinajstić information content (AvgIpc) is 2.82.